The van der Waals surface area contributed by atoms with E-state index in [4.69, 9.17) is 18.9 Å². The van der Waals surface area contributed by atoms with Crippen molar-refractivity contribution in [1.82, 2.24) is 4.90 Å². The Morgan fingerprint density at radius 3 is 2.68 bits per heavy atom. The normalized spacial score (nSPS) is 36.4. The van der Waals surface area contributed by atoms with Gasteiger partial charge in [0.05, 0.1) is 17.2 Å². The molecule has 0 bridgehead atoms. The molecule has 3 heterocycles. The molecule has 22 heavy (non-hydrogen) atoms. The van der Waals surface area contributed by atoms with Crippen LogP contribution in [0.4, 0.5) is 0 Å². The average molecular weight is 349 g/mol. The smallest absolute Gasteiger partial charge is 0.219 e. The molecule has 6 nitrogen and oxygen atoms in total. The summed E-state index contributed by atoms with van der Waals surface area (Å²) in [6, 6.07) is 0.0442. The second-order valence-corrected chi connectivity index (χ2v) is 8.41. The van der Waals surface area contributed by atoms with Crippen molar-refractivity contribution >= 4 is 29.4 Å². The van der Waals surface area contributed by atoms with Crippen LogP contribution in [0.3, 0.4) is 0 Å². The standard InChI is InChI=1S/C14H23NO5S2/c1-9(16)15-6-10(18-7-17-2)12-13(20-8-19-12)11(15)14-21-4-3-5-22-14/h10-14H,3-8H2,1-2H3/t10-,11+,12-,13-/m1/s1. The lowest BCUT2D eigenvalue weighted by Crippen LogP contribution is -2.64. The molecule has 8 heteroatoms. The summed E-state index contributed by atoms with van der Waals surface area (Å²) in [4.78, 5) is 14.1. The van der Waals surface area contributed by atoms with Crippen LogP contribution in [0, 0.1) is 0 Å². The first-order valence-electron chi connectivity index (χ1n) is 7.56. The van der Waals surface area contributed by atoms with Gasteiger partial charge >= 0.3 is 0 Å². The van der Waals surface area contributed by atoms with Crippen molar-refractivity contribution in [1.29, 1.82) is 0 Å². The molecule has 126 valence electrons. The van der Waals surface area contributed by atoms with E-state index < -0.39 is 0 Å². The summed E-state index contributed by atoms with van der Waals surface area (Å²) >= 11 is 3.85. The van der Waals surface area contributed by atoms with E-state index >= 15 is 0 Å². The minimum atomic E-state index is -0.203. The Kier molecular flexibility index (Phi) is 5.91. The minimum Gasteiger partial charge on any atom is -0.359 e. The Morgan fingerprint density at radius 1 is 1.27 bits per heavy atom. The molecule has 1 amide bonds. The summed E-state index contributed by atoms with van der Waals surface area (Å²) in [6.45, 7) is 2.62. The SMILES string of the molecule is COCO[C@@H]1CN(C(C)=O)[C@H](C2SCCCS2)[C@H]2OCO[C@@H]21. The number of ether oxygens (including phenoxy) is 4. The predicted molar refractivity (Wildman–Crippen MR) is 85.9 cm³/mol. The molecule has 3 saturated heterocycles. The van der Waals surface area contributed by atoms with Crippen molar-refractivity contribution in [3.63, 3.8) is 0 Å². The van der Waals surface area contributed by atoms with E-state index in [0.29, 0.717) is 11.1 Å². The monoisotopic (exact) mass is 349 g/mol. The van der Waals surface area contributed by atoms with Crippen molar-refractivity contribution in [3.05, 3.63) is 0 Å². The highest BCUT2D eigenvalue weighted by Gasteiger charge is 2.52. The number of piperidine rings is 1. The summed E-state index contributed by atoms with van der Waals surface area (Å²) in [5.74, 6) is 2.35. The van der Waals surface area contributed by atoms with Gasteiger partial charge in [-0.2, -0.15) is 0 Å². The zero-order chi connectivity index (χ0) is 15.5. The van der Waals surface area contributed by atoms with Gasteiger partial charge in [-0.3, -0.25) is 4.79 Å². The van der Waals surface area contributed by atoms with Crippen LogP contribution < -0.4 is 0 Å². The fourth-order valence-electron chi connectivity index (χ4n) is 3.24. The first kappa shape index (κ1) is 16.9. The Balaban J connectivity index is 1.79. The van der Waals surface area contributed by atoms with Gasteiger partial charge in [0, 0.05) is 14.0 Å². The van der Waals surface area contributed by atoms with Gasteiger partial charge in [0.2, 0.25) is 5.91 Å². The van der Waals surface area contributed by atoms with E-state index in [-0.39, 0.29) is 43.8 Å². The maximum absolute atomic E-state index is 12.2. The summed E-state index contributed by atoms with van der Waals surface area (Å²) in [5, 5.41) is 0. The minimum absolute atomic E-state index is 0.0442. The molecule has 0 saturated carbocycles. The van der Waals surface area contributed by atoms with Crippen molar-refractivity contribution in [2.24, 2.45) is 0 Å². The molecule has 3 rings (SSSR count). The number of amides is 1. The maximum Gasteiger partial charge on any atom is 0.219 e. The summed E-state index contributed by atoms with van der Waals surface area (Å²) in [6.07, 6.45) is 0.775. The van der Waals surface area contributed by atoms with Crippen LogP contribution in [0.15, 0.2) is 0 Å². The molecule has 0 radical (unpaired) electrons. The van der Waals surface area contributed by atoms with Crippen molar-refractivity contribution in [2.45, 2.75) is 42.3 Å². The third-order valence-electron chi connectivity index (χ3n) is 4.22. The van der Waals surface area contributed by atoms with Crippen LogP contribution >= 0.6 is 23.5 Å². The van der Waals surface area contributed by atoms with Crippen LogP contribution in [0.1, 0.15) is 13.3 Å². The van der Waals surface area contributed by atoms with Gasteiger partial charge in [-0.25, -0.2) is 0 Å². The van der Waals surface area contributed by atoms with E-state index in [1.54, 1.807) is 14.0 Å². The summed E-state index contributed by atoms with van der Waals surface area (Å²) in [5.41, 5.74) is 0. The fraction of sp³-hybridized carbons (Fsp3) is 0.929. The van der Waals surface area contributed by atoms with Crippen molar-refractivity contribution in [2.75, 3.05) is 38.7 Å². The third-order valence-corrected chi connectivity index (χ3v) is 7.30. The molecule has 0 aromatic rings. The first-order chi connectivity index (χ1) is 10.7. The van der Waals surface area contributed by atoms with Gasteiger partial charge in [0.15, 0.2) is 0 Å². The number of nitrogens with zero attached hydrogens (tertiary/aromatic N) is 1. The van der Waals surface area contributed by atoms with Gasteiger partial charge in [0.1, 0.15) is 31.9 Å². The second kappa shape index (κ2) is 7.72. The number of rotatable bonds is 4. The topological polar surface area (TPSA) is 57.2 Å². The molecule has 3 aliphatic rings. The van der Waals surface area contributed by atoms with Crippen molar-refractivity contribution < 1.29 is 23.7 Å². The highest BCUT2D eigenvalue weighted by molar-refractivity contribution is 8.17. The van der Waals surface area contributed by atoms with Gasteiger partial charge < -0.3 is 23.8 Å². The van der Waals surface area contributed by atoms with Crippen LogP contribution in [0.25, 0.3) is 0 Å². The van der Waals surface area contributed by atoms with E-state index in [9.17, 15) is 4.79 Å². The lowest BCUT2D eigenvalue weighted by atomic mass is 9.94. The second-order valence-electron chi connectivity index (χ2n) is 5.62. The number of methoxy groups -OCH3 is 1. The zero-order valence-electron chi connectivity index (χ0n) is 12.9. The molecule has 0 aromatic carbocycles. The van der Waals surface area contributed by atoms with Crippen LogP contribution in [-0.4, -0.2) is 78.5 Å². The number of likely N-dealkylation sites (tertiary alicyclic amines) is 1. The van der Waals surface area contributed by atoms with Crippen LogP contribution in [-0.2, 0) is 23.7 Å². The van der Waals surface area contributed by atoms with E-state index in [1.165, 1.54) is 6.42 Å². The number of thioether (sulfide) groups is 2. The third kappa shape index (κ3) is 3.42. The number of fused-ring (bicyclic) bond motifs is 1. The molecule has 4 atom stereocenters. The lowest BCUT2D eigenvalue weighted by molar-refractivity contribution is -0.163. The Morgan fingerprint density at radius 2 is 2.00 bits per heavy atom. The molecule has 0 aliphatic carbocycles. The van der Waals surface area contributed by atoms with Gasteiger partial charge in [-0.15, -0.1) is 23.5 Å². The highest BCUT2D eigenvalue weighted by Crippen LogP contribution is 2.41. The average Bonchev–Trinajstić information content (AvgIpc) is 3.02. The molecule has 3 fully saturated rings. The van der Waals surface area contributed by atoms with Gasteiger partial charge in [-0.1, -0.05) is 0 Å². The first-order valence-corrected chi connectivity index (χ1v) is 9.66. The van der Waals surface area contributed by atoms with Crippen LogP contribution in [0.2, 0.25) is 0 Å². The molecule has 0 aromatic heterocycles. The predicted octanol–water partition coefficient (Wildman–Crippen LogP) is 1.14. The lowest BCUT2D eigenvalue weighted by Gasteiger charge is -2.47. The largest absolute Gasteiger partial charge is 0.359 e. The Bertz CT molecular complexity index is 393. The van der Waals surface area contributed by atoms with E-state index in [2.05, 4.69) is 0 Å². The highest BCUT2D eigenvalue weighted by atomic mass is 32.2. The molecule has 0 unspecified atom stereocenters. The molecule has 3 aliphatic heterocycles. The van der Waals surface area contributed by atoms with E-state index in [1.807, 2.05) is 28.4 Å². The van der Waals surface area contributed by atoms with Gasteiger partial charge in [0.25, 0.3) is 0 Å². The molecular weight excluding hydrogens is 326 g/mol. The summed E-state index contributed by atoms with van der Waals surface area (Å²) in [7, 11) is 1.59. The van der Waals surface area contributed by atoms with E-state index in [0.717, 1.165) is 11.5 Å². The quantitative estimate of drug-likeness (QED) is 0.706. The number of carbonyl (C=O) groups excluding carboxylic acids is 1. The van der Waals surface area contributed by atoms with Crippen LogP contribution in [0.5, 0.6) is 0 Å². The van der Waals surface area contributed by atoms with Crippen molar-refractivity contribution in [3.8, 4) is 0 Å². The van der Waals surface area contributed by atoms with Gasteiger partial charge in [-0.05, 0) is 17.9 Å². The molecular formula is C14H23NO5S2. The fourth-order valence-corrected chi connectivity index (χ4v) is 6.47. The molecule has 0 N–H and O–H groups in total. The summed E-state index contributed by atoms with van der Waals surface area (Å²) < 4.78 is 22.7. The number of hydrogen-bond acceptors (Lipinski definition) is 7. The number of hydrogen-bond donors (Lipinski definition) is 0. The maximum atomic E-state index is 12.2. The Labute approximate surface area is 139 Å². The number of carbonyl (C=O) groups is 1. The molecule has 0 spiro atoms. The zero-order valence-corrected chi connectivity index (χ0v) is 14.6. The Hall–Kier alpha value is 0.01000.